The number of nitrogens with zero attached hydrogens (tertiary/aromatic N) is 2. The lowest BCUT2D eigenvalue weighted by Gasteiger charge is -2.35. The van der Waals surface area contributed by atoms with Crippen LogP contribution in [-0.2, 0) is 6.42 Å². The molecule has 4 aromatic rings. The van der Waals surface area contributed by atoms with Gasteiger partial charge in [-0.1, -0.05) is 24.3 Å². The van der Waals surface area contributed by atoms with Crippen LogP contribution in [-0.4, -0.2) is 33.1 Å². The topological polar surface area (TPSA) is 66.1 Å². The Bertz CT molecular complexity index is 1290. The first kappa shape index (κ1) is 18.8. The second-order valence-corrected chi connectivity index (χ2v) is 8.72. The van der Waals surface area contributed by atoms with E-state index < -0.39 is 0 Å². The number of aromatic amines is 1. The highest BCUT2D eigenvalue weighted by molar-refractivity contribution is 7.15. The SMILES string of the molecule is CC(=O)c1ccc(C(=O)N2CCc3c([nH]c4ccccc34)[C@@H]2c2cccc(C)n2)s1. The normalized spacial score (nSPS) is 15.9. The van der Waals surface area contributed by atoms with E-state index >= 15 is 0 Å². The lowest BCUT2D eigenvalue weighted by Crippen LogP contribution is -2.40. The van der Waals surface area contributed by atoms with Gasteiger partial charge in [0.2, 0.25) is 0 Å². The number of carbonyl (C=O) groups is 2. The first-order chi connectivity index (χ1) is 14.5. The predicted molar refractivity (Wildman–Crippen MR) is 118 cm³/mol. The zero-order valence-electron chi connectivity index (χ0n) is 16.8. The van der Waals surface area contributed by atoms with Crippen LogP contribution in [0.3, 0.4) is 0 Å². The molecule has 1 amide bonds. The lowest BCUT2D eigenvalue weighted by atomic mass is 9.94. The van der Waals surface area contributed by atoms with Crippen LogP contribution in [0.15, 0.2) is 54.6 Å². The van der Waals surface area contributed by atoms with E-state index in [0.717, 1.165) is 29.0 Å². The third kappa shape index (κ3) is 3.04. The zero-order chi connectivity index (χ0) is 20.8. The van der Waals surface area contributed by atoms with Crippen molar-refractivity contribution in [1.29, 1.82) is 0 Å². The fourth-order valence-electron chi connectivity index (χ4n) is 4.27. The highest BCUT2D eigenvalue weighted by atomic mass is 32.1. The molecule has 1 aliphatic rings. The first-order valence-electron chi connectivity index (χ1n) is 9.97. The van der Waals surface area contributed by atoms with Gasteiger partial charge in [0.05, 0.1) is 15.4 Å². The molecule has 4 heterocycles. The molecule has 3 aromatic heterocycles. The molecule has 0 saturated carbocycles. The van der Waals surface area contributed by atoms with Crippen molar-refractivity contribution in [2.75, 3.05) is 6.54 Å². The molecule has 5 rings (SSSR count). The van der Waals surface area contributed by atoms with Gasteiger partial charge < -0.3 is 9.88 Å². The average molecular weight is 416 g/mol. The van der Waals surface area contributed by atoms with Gasteiger partial charge in [0.25, 0.3) is 5.91 Å². The zero-order valence-corrected chi connectivity index (χ0v) is 17.6. The number of nitrogens with one attached hydrogen (secondary N) is 1. The summed E-state index contributed by atoms with van der Waals surface area (Å²) in [6.07, 6.45) is 0.776. The van der Waals surface area contributed by atoms with Crippen molar-refractivity contribution in [2.45, 2.75) is 26.3 Å². The number of Topliss-reactive ketones (excluding diaryl/α,β-unsaturated/α-hetero) is 1. The van der Waals surface area contributed by atoms with E-state index in [-0.39, 0.29) is 17.7 Å². The number of rotatable bonds is 3. The van der Waals surface area contributed by atoms with Crippen LogP contribution in [0.4, 0.5) is 0 Å². The number of aryl methyl sites for hydroxylation is 1. The summed E-state index contributed by atoms with van der Waals surface area (Å²) < 4.78 is 0. The largest absolute Gasteiger partial charge is 0.356 e. The Morgan fingerprint density at radius 3 is 2.63 bits per heavy atom. The molecule has 1 aromatic carbocycles. The molecular weight excluding hydrogens is 394 g/mol. The fourth-order valence-corrected chi connectivity index (χ4v) is 5.12. The van der Waals surface area contributed by atoms with E-state index in [2.05, 4.69) is 17.1 Å². The van der Waals surface area contributed by atoms with Gasteiger partial charge in [-0.05, 0) is 56.2 Å². The maximum absolute atomic E-state index is 13.5. The van der Waals surface area contributed by atoms with E-state index in [1.165, 1.54) is 29.2 Å². The number of aromatic nitrogens is 2. The molecule has 0 radical (unpaired) electrons. The molecule has 0 bridgehead atoms. The molecule has 0 aliphatic carbocycles. The Hall–Kier alpha value is -3.25. The van der Waals surface area contributed by atoms with Crippen LogP contribution < -0.4 is 0 Å². The van der Waals surface area contributed by atoms with Crippen molar-refractivity contribution >= 4 is 33.9 Å². The van der Waals surface area contributed by atoms with Gasteiger partial charge in [0.15, 0.2) is 5.78 Å². The second-order valence-electron chi connectivity index (χ2n) is 7.64. The van der Waals surface area contributed by atoms with Crippen LogP contribution in [0, 0.1) is 6.92 Å². The molecule has 0 fully saturated rings. The predicted octanol–water partition coefficient (Wildman–Crippen LogP) is 4.92. The number of benzene rings is 1. The quantitative estimate of drug-likeness (QED) is 0.483. The minimum Gasteiger partial charge on any atom is -0.356 e. The Morgan fingerprint density at radius 2 is 1.87 bits per heavy atom. The number of amides is 1. The minimum atomic E-state index is -0.295. The second kappa shape index (κ2) is 7.22. The molecule has 1 N–H and O–H groups in total. The van der Waals surface area contributed by atoms with E-state index in [1.807, 2.05) is 42.2 Å². The van der Waals surface area contributed by atoms with Crippen molar-refractivity contribution in [3.8, 4) is 0 Å². The van der Waals surface area contributed by atoms with E-state index in [1.54, 1.807) is 12.1 Å². The van der Waals surface area contributed by atoms with Crippen molar-refractivity contribution in [3.63, 3.8) is 0 Å². The van der Waals surface area contributed by atoms with Crippen molar-refractivity contribution in [3.05, 3.63) is 87.0 Å². The van der Waals surface area contributed by atoms with E-state index in [4.69, 9.17) is 4.98 Å². The number of thiophene rings is 1. The molecule has 0 unspecified atom stereocenters. The summed E-state index contributed by atoms with van der Waals surface area (Å²) in [7, 11) is 0. The Balaban J connectivity index is 1.64. The van der Waals surface area contributed by atoms with Crippen LogP contribution in [0.2, 0.25) is 0 Å². The number of pyridine rings is 1. The van der Waals surface area contributed by atoms with E-state index in [9.17, 15) is 9.59 Å². The number of para-hydroxylation sites is 1. The van der Waals surface area contributed by atoms with Gasteiger partial charge in [-0.15, -0.1) is 11.3 Å². The summed E-state index contributed by atoms with van der Waals surface area (Å²) in [5, 5.41) is 1.20. The summed E-state index contributed by atoms with van der Waals surface area (Å²) in [4.78, 5) is 36.6. The highest BCUT2D eigenvalue weighted by Crippen LogP contribution is 2.39. The van der Waals surface area contributed by atoms with E-state index in [0.29, 0.717) is 16.3 Å². The first-order valence-corrected chi connectivity index (χ1v) is 10.8. The number of hydrogen-bond donors (Lipinski definition) is 1. The van der Waals surface area contributed by atoms with Gasteiger partial charge in [-0.3, -0.25) is 14.6 Å². The van der Waals surface area contributed by atoms with Crippen LogP contribution in [0.5, 0.6) is 0 Å². The van der Waals surface area contributed by atoms with Crippen LogP contribution in [0.25, 0.3) is 10.9 Å². The maximum atomic E-state index is 13.5. The maximum Gasteiger partial charge on any atom is 0.264 e. The average Bonchev–Trinajstić information content (AvgIpc) is 3.37. The molecule has 0 spiro atoms. The Kier molecular flexibility index (Phi) is 4.51. The standard InChI is InChI=1S/C24H21N3O2S/c1-14-6-5-9-19(25-14)23-22-17(16-7-3-4-8-18(16)26-22)12-13-27(23)24(29)21-11-10-20(30-21)15(2)28/h3-11,23,26H,12-13H2,1-2H3/t23-/m0/s1. The minimum absolute atomic E-state index is 0.0208. The molecule has 0 saturated heterocycles. The molecule has 30 heavy (non-hydrogen) atoms. The third-order valence-electron chi connectivity index (χ3n) is 5.65. The summed E-state index contributed by atoms with van der Waals surface area (Å²) in [6, 6.07) is 17.4. The summed E-state index contributed by atoms with van der Waals surface area (Å²) >= 11 is 1.26. The molecule has 1 atom stereocenters. The van der Waals surface area contributed by atoms with Crippen molar-refractivity contribution in [1.82, 2.24) is 14.9 Å². The van der Waals surface area contributed by atoms with Gasteiger partial charge in [-0.25, -0.2) is 0 Å². The molecule has 5 nitrogen and oxygen atoms in total. The van der Waals surface area contributed by atoms with Crippen molar-refractivity contribution < 1.29 is 9.59 Å². The highest BCUT2D eigenvalue weighted by Gasteiger charge is 2.36. The number of ketones is 1. The fraction of sp³-hybridized carbons (Fsp3) is 0.208. The lowest BCUT2D eigenvalue weighted by molar-refractivity contribution is 0.0693. The summed E-state index contributed by atoms with van der Waals surface area (Å²) in [6.45, 7) is 4.08. The van der Waals surface area contributed by atoms with Gasteiger partial charge >= 0.3 is 0 Å². The number of carbonyl (C=O) groups excluding carboxylic acids is 2. The summed E-state index contributed by atoms with van der Waals surface area (Å²) in [5.74, 6) is -0.0855. The molecule has 150 valence electrons. The molecule has 1 aliphatic heterocycles. The van der Waals surface area contributed by atoms with Gasteiger partial charge in [-0.2, -0.15) is 0 Å². The number of H-pyrrole nitrogens is 1. The van der Waals surface area contributed by atoms with Gasteiger partial charge in [0, 0.05) is 28.8 Å². The Labute approximate surface area is 178 Å². The monoisotopic (exact) mass is 415 g/mol. The van der Waals surface area contributed by atoms with Crippen LogP contribution >= 0.6 is 11.3 Å². The van der Waals surface area contributed by atoms with Crippen LogP contribution in [0.1, 0.15) is 55.0 Å². The Morgan fingerprint density at radius 1 is 1.07 bits per heavy atom. The molecule has 6 heteroatoms. The third-order valence-corrected chi connectivity index (χ3v) is 6.82. The van der Waals surface area contributed by atoms with Crippen molar-refractivity contribution in [2.24, 2.45) is 0 Å². The summed E-state index contributed by atoms with van der Waals surface area (Å²) in [5.41, 5.74) is 5.11. The smallest absolute Gasteiger partial charge is 0.264 e. The number of hydrogen-bond acceptors (Lipinski definition) is 4. The number of fused-ring (bicyclic) bond motifs is 3. The molecular formula is C24H21N3O2S. The van der Waals surface area contributed by atoms with Gasteiger partial charge in [0.1, 0.15) is 6.04 Å².